The van der Waals surface area contributed by atoms with E-state index in [-0.39, 0.29) is 24.6 Å². The molecule has 1 N–H and O–H groups in total. The smallest absolute Gasteiger partial charge is 0.186 e. The van der Waals surface area contributed by atoms with Gasteiger partial charge in [-0.25, -0.2) is 8.42 Å². The minimum absolute atomic E-state index is 0.0587. The van der Waals surface area contributed by atoms with Crippen molar-refractivity contribution in [2.75, 3.05) is 19.0 Å². The van der Waals surface area contributed by atoms with E-state index in [1.54, 1.807) is 0 Å². The molecule has 0 aromatic heterocycles. The molecular weight excluding hydrogens is 230 g/mol. The van der Waals surface area contributed by atoms with Crippen molar-refractivity contribution in [1.29, 1.82) is 0 Å². The Bertz CT molecular complexity index is 541. The Labute approximate surface area is 93.1 Å². The number of rotatable bonds is 0. The molecule has 86 valence electrons. The highest BCUT2D eigenvalue weighted by Crippen LogP contribution is 2.35. The van der Waals surface area contributed by atoms with Crippen LogP contribution in [0.2, 0.25) is 0 Å². The lowest BCUT2D eigenvalue weighted by atomic mass is 9.99. The molecule has 0 amide bonds. The summed E-state index contributed by atoms with van der Waals surface area (Å²) in [4.78, 5) is 12.0. The molecule has 3 rings (SSSR count). The summed E-state index contributed by atoms with van der Waals surface area (Å²) < 4.78 is 28.5. The zero-order valence-corrected chi connectivity index (χ0v) is 9.39. The van der Waals surface area contributed by atoms with Gasteiger partial charge in [-0.2, -0.15) is 0 Å². The predicted molar refractivity (Wildman–Crippen MR) is 56.0 cm³/mol. The minimum Gasteiger partial charge on any atom is -0.367 e. The highest BCUT2D eigenvalue weighted by atomic mass is 32.2. The topological polar surface area (TPSA) is 72.5 Å². The second-order valence-electron chi connectivity index (χ2n) is 4.15. The third-order valence-corrected chi connectivity index (χ3v) is 5.04. The number of carbonyl (C=O) groups excluding carboxylic acids is 1. The average Bonchev–Trinajstić information content (AvgIpc) is 2.53. The van der Waals surface area contributed by atoms with Crippen LogP contribution in [-0.4, -0.2) is 33.2 Å². The molecule has 6 heteroatoms. The van der Waals surface area contributed by atoms with Gasteiger partial charge in [0.05, 0.1) is 17.3 Å². The van der Waals surface area contributed by atoms with Crippen LogP contribution in [0.5, 0.6) is 0 Å². The summed E-state index contributed by atoms with van der Waals surface area (Å²) in [6.45, 7) is 0.432. The second-order valence-corrected chi connectivity index (χ2v) is 6.28. The average molecular weight is 241 g/mol. The SMILES string of the molecule is O=C1COCC2=C1CC1=C(CCS1(=O)=O)N2. The molecule has 0 atom stereocenters. The highest BCUT2D eigenvalue weighted by Gasteiger charge is 2.36. The van der Waals surface area contributed by atoms with Crippen molar-refractivity contribution in [3.63, 3.8) is 0 Å². The van der Waals surface area contributed by atoms with E-state index in [0.717, 1.165) is 11.4 Å². The van der Waals surface area contributed by atoms with Crippen molar-refractivity contribution in [2.24, 2.45) is 0 Å². The van der Waals surface area contributed by atoms with Gasteiger partial charge in [-0.1, -0.05) is 0 Å². The minimum atomic E-state index is -3.13. The van der Waals surface area contributed by atoms with Gasteiger partial charge in [-0.05, 0) is 0 Å². The molecule has 0 bridgehead atoms. The van der Waals surface area contributed by atoms with Crippen molar-refractivity contribution < 1.29 is 17.9 Å². The monoisotopic (exact) mass is 241 g/mol. The van der Waals surface area contributed by atoms with Gasteiger partial charge in [0.2, 0.25) is 0 Å². The number of ether oxygens (including phenoxy) is 1. The van der Waals surface area contributed by atoms with Gasteiger partial charge in [-0.15, -0.1) is 0 Å². The quantitative estimate of drug-likeness (QED) is 0.639. The van der Waals surface area contributed by atoms with Crippen molar-refractivity contribution in [1.82, 2.24) is 5.32 Å². The van der Waals surface area contributed by atoms with Gasteiger partial charge in [0.1, 0.15) is 6.61 Å². The van der Waals surface area contributed by atoms with Gasteiger partial charge < -0.3 is 10.1 Å². The van der Waals surface area contributed by atoms with E-state index in [4.69, 9.17) is 4.74 Å². The lowest BCUT2D eigenvalue weighted by Crippen LogP contribution is -2.32. The molecule has 5 nitrogen and oxygen atoms in total. The number of hydrogen-bond acceptors (Lipinski definition) is 5. The van der Waals surface area contributed by atoms with Gasteiger partial charge in [0.25, 0.3) is 0 Å². The van der Waals surface area contributed by atoms with Crippen LogP contribution in [-0.2, 0) is 19.4 Å². The molecule has 0 unspecified atom stereocenters. The van der Waals surface area contributed by atoms with E-state index in [0.29, 0.717) is 23.5 Å². The van der Waals surface area contributed by atoms with Gasteiger partial charge in [0.15, 0.2) is 15.6 Å². The van der Waals surface area contributed by atoms with E-state index in [1.165, 1.54) is 0 Å². The number of allylic oxidation sites excluding steroid dienone is 2. The summed E-state index contributed by atoms with van der Waals surface area (Å²) in [5.41, 5.74) is 2.07. The summed E-state index contributed by atoms with van der Waals surface area (Å²) in [5.74, 6) is 0.0442. The maximum Gasteiger partial charge on any atom is 0.186 e. The Hall–Kier alpha value is -1.14. The normalized spacial score (nSPS) is 27.6. The van der Waals surface area contributed by atoms with Gasteiger partial charge >= 0.3 is 0 Å². The van der Waals surface area contributed by atoms with E-state index in [1.807, 2.05) is 0 Å². The first-order chi connectivity index (χ1) is 7.58. The number of hydrogen-bond donors (Lipinski definition) is 1. The first kappa shape index (κ1) is 10.0. The number of dihydropyridines is 1. The Morgan fingerprint density at radius 3 is 2.81 bits per heavy atom. The number of ketones is 1. The van der Waals surface area contributed by atoms with E-state index in [9.17, 15) is 13.2 Å². The van der Waals surface area contributed by atoms with E-state index < -0.39 is 9.84 Å². The first-order valence-corrected chi connectivity index (χ1v) is 6.78. The second kappa shape index (κ2) is 3.18. The maximum absolute atomic E-state index is 11.7. The lowest BCUT2D eigenvalue weighted by molar-refractivity contribution is -0.121. The summed E-state index contributed by atoms with van der Waals surface area (Å²) in [6.07, 6.45) is 0.769. The molecule has 0 aromatic carbocycles. The number of nitrogens with one attached hydrogen (secondary N) is 1. The van der Waals surface area contributed by atoms with Crippen LogP contribution < -0.4 is 5.32 Å². The maximum atomic E-state index is 11.7. The summed E-state index contributed by atoms with van der Waals surface area (Å²) in [6, 6.07) is 0. The molecule has 16 heavy (non-hydrogen) atoms. The molecule has 0 spiro atoms. The molecule has 0 aliphatic carbocycles. The predicted octanol–water partition coefficient (Wildman–Crippen LogP) is -0.137. The van der Waals surface area contributed by atoms with E-state index >= 15 is 0 Å². The van der Waals surface area contributed by atoms with Crippen LogP contribution >= 0.6 is 0 Å². The Morgan fingerprint density at radius 2 is 2.00 bits per heavy atom. The fourth-order valence-electron chi connectivity index (χ4n) is 2.28. The Morgan fingerprint density at radius 1 is 1.19 bits per heavy atom. The zero-order chi connectivity index (χ0) is 11.3. The van der Waals surface area contributed by atoms with Gasteiger partial charge in [-0.3, -0.25) is 4.79 Å². The van der Waals surface area contributed by atoms with Crippen LogP contribution in [0.4, 0.5) is 0 Å². The molecule has 3 heterocycles. The van der Waals surface area contributed by atoms with Crippen molar-refractivity contribution in [3.05, 3.63) is 21.9 Å². The van der Waals surface area contributed by atoms with Crippen LogP contribution in [0.3, 0.4) is 0 Å². The molecule has 0 aromatic rings. The molecular formula is C10H11NO4S. The van der Waals surface area contributed by atoms with Crippen LogP contribution in [0.25, 0.3) is 0 Å². The summed E-state index contributed by atoms with van der Waals surface area (Å²) in [5, 5.41) is 3.04. The molecule has 0 fully saturated rings. The van der Waals surface area contributed by atoms with Crippen molar-refractivity contribution >= 4 is 15.6 Å². The van der Waals surface area contributed by atoms with Crippen LogP contribution in [0.1, 0.15) is 12.8 Å². The number of carbonyl (C=O) groups is 1. The summed E-state index contributed by atoms with van der Waals surface area (Å²) in [7, 11) is -3.13. The largest absolute Gasteiger partial charge is 0.367 e. The molecule has 0 radical (unpaired) electrons. The van der Waals surface area contributed by atoms with Crippen molar-refractivity contribution in [3.8, 4) is 0 Å². The number of Topliss-reactive ketones (excluding diaryl/α,β-unsaturated/α-hetero) is 1. The Kier molecular flexibility index (Phi) is 1.99. The van der Waals surface area contributed by atoms with Crippen molar-refractivity contribution in [2.45, 2.75) is 12.8 Å². The van der Waals surface area contributed by atoms with E-state index in [2.05, 4.69) is 5.32 Å². The first-order valence-electron chi connectivity index (χ1n) is 5.13. The molecule has 3 aliphatic heterocycles. The fourth-order valence-corrected chi connectivity index (χ4v) is 3.90. The third-order valence-electron chi connectivity index (χ3n) is 3.15. The molecule has 0 saturated heterocycles. The zero-order valence-electron chi connectivity index (χ0n) is 8.58. The fraction of sp³-hybridized carbons (Fsp3) is 0.500. The van der Waals surface area contributed by atoms with Crippen LogP contribution in [0.15, 0.2) is 21.9 Å². The Balaban J connectivity index is 2.02. The highest BCUT2D eigenvalue weighted by molar-refractivity contribution is 7.95. The molecule has 3 aliphatic rings. The lowest BCUT2D eigenvalue weighted by Gasteiger charge is -2.26. The van der Waals surface area contributed by atoms with Gasteiger partial charge in [0, 0.05) is 29.8 Å². The standard InChI is InChI=1S/C10H11NO4S/c12-9-5-15-4-8-6(9)3-10-7(11-8)1-2-16(10,13)14/h11H,1-5H2. The summed E-state index contributed by atoms with van der Waals surface area (Å²) >= 11 is 0. The number of sulfone groups is 1. The third kappa shape index (κ3) is 1.33. The van der Waals surface area contributed by atoms with Crippen LogP contribution in [0, 0.1) is 0 Å². The molecule has 0 saturated carbocycles.